The highest BCUT2D eigenvalue weighted by Crippen LogP contribution is 2.18. The predicted octanol–water partition coefficient (Wildman–Crippen LogP) is 3.30. The van der Waals surface area contributed by atoms with Crippen LogP contribution >= 0.6 is 0 Å². The maximum Gasteiger partial charge on any atom is 0.255 e. The third-order valence-electron chi connectivity index (χ3n) is 4.63. The van der Waals surface area contributed by atoms with E-state index in [1.54, 1.807) is 30.3 Å². The van der Waals surface area contributed by atoms with E-state index < -0.39 is 15.9 Å². The first kappa shape index (κ1) is 20.3. The third kappa shape index (κ3) is 5.53. The Kier molecular flexibility index (Phi) is 7.00. The van der Waals surface area contributed by atoms with Crippen molar-refractivity contribution >= 4 is 21.6 Å². The molecule has 0 radical (unpaired) electrons. The van der Waals surface area contributed by atoms with Gasteiger partial charge in [0, 0.05) is 5.71 Å². The summed E-state index contributed by atoms with van der Waals surface area (Å²) in [6.07, 6.45) is 7.72. The Labute approximate surface area is 165 Å². The van der Waals surface area contributed by atoms with Crippen LogP contribution < -0.4 is 5.43 Å². The minimum atomic E-state index is -3.86. The van der Waals surface area contributed by atoms with Crippen LogP contribution in [0.1, 0.15) is 44.3 Å². The van der Waals surface area contributed by atoms with Crippen molar-refractivity contribution in [3.05, 3.63) is 54.5 Å². The van der Waals surface area contributed by atoms with E-state index in [1.165, 1.54) is 31.2 Å². The van der Waals surface area contributed by atoms with Gasteiger partial charge in [-0.15, -0.1) is 0 Å². The fraction of sp³-hybridized carbons (Fsp3) is 0.400. The van der Waals surface area contributed by atoms with Crippen molar-refractivity contribution in [2.24, 2.45) is 5.10 Å². The molecule has 28 heavy (non-hydrogen) atoms. The topological polar surface area (TPSA) is 92.0 Å². The molecular weight excluding hydrogens is 378 g/mol. The molecule has 1 fully saturated rings. The lowest BCUT2D eigenvalue weighted by molar-refractivity contribution is -0.121. The highest BCUT2D eigenvalue weighted by Gasteiger charge is 2.27. The molecule has 1 aliphatic rings. The maximum absolute atomic E-state index is 13.0. The standard InChI is InChI=1S/C20H25N3O4S/c24-20(22-21-17-9-4-1-2-5-10-17)16-23(15-18-11-8-14-27-18)28(25,26)19-12-6-3-7-13-19/h3,6-8,11-14H,1-2,4-5,9-10,15-16H2,(H,22,24). The lowest BCUT2D eigenvalue weighted by atomic mass is 10.2. The number of hydrazone groups is 1. The lowest BCUT2D eigenvalue weighted by Gasteiger charge is -2.20. The van der Waals surface area contributed by atoms with Crippen LogP contribution in [0.25, 0.3) is 0 Å². The molecule has 0 saturated heterocycles. The van der Waals surface area contributed by atoms with Crippen molar-refractivity contribution in [1.29, 1.82) is 0 Å². The molecular formula is C20H25N3O4S. The second-order valence-corrected chi connectivity index (χ2v) is 8.73. The quantitative estimate of drug-likeness (QED) is 0.567. The SMILES string of the molecule is O=C(CN(Cc1ccco1)S(=O)(=O)c1ccccc1)NN=C1CCCCCC1. The zero-order valence-corrected chi connectivity index (χ0v) is 16.5. The number of benzene rings is 1. The smallest absolute Gasteiger partial charge is 0.255 e. The minimum absolute atomic E-state index is 0.0335. The van der Waals surface area contributed by atoms with Gasteiger partial charge >= 0.3 is 0 Å². The van der Waals surface area contributed by atoms with E-state index in [0.29, 0.717) is 5.76 Å². The van der Waals surface area contributed by atoms with Crippen molar-refractivity contribution in [3.63, 3.8) is 0 Å². The molecule has 1 aromatic carbocycles. The van der Waals surface area contributed by atoms with Crippen LogP contribution in [0.2, 0.25) is 0 Å². The molecule has 3 rings (SSSR count). The summed E-state index contributed by atoms with van der Waals surface area (Å²) in [5.41, 5.74) is 3.49. The molecule has 1 saturated carbocycles. The summed E-state index contributed by atoms with van der Waals surface area (Å²) in [7, 11) is -3.86. The van der Waals surface area contributed by atoms with Gasteiger partial charge in [0.05, 0.1) is 24.2 Å². The van der Waals surface area contributed by atoms with Gasteiger partial charge in [-0.1, -0.05) is 31.0 Å². The number of carbonyl (C=O) groups is 1. The summed E-state index contributed by atoms with van der Waals surface area (Å²) < 4.78 is 32.4. The van der Waals surface area contributed by atoms with Gasteiger partial charge in [0.2, 0.25) is 10.0 Å². The van der Waals surface area contributed by atoms with Crippen LogP contribution in [0.15, 0.2) is 63.1 Å². The Morgan fingerprint density at radius 3 is 2.39 bits per heavy atom. The molecule has 1 aliphatic carbocycles. The van der Waals surface area contributed by atoms with Crippen LogP contribution in [0.5, 0.6) is 0 Å². The van der Waals surface area contributed by atoms with E-state index in [-0.39, 0.29) is 18.0 Å². The van der Waals surface area contributed by atoms with Crippen molar-refractivity contribution in [2.45, 2.75) is 50.0 Å². The van der Waals surface area contributed by atoms with Crippen LogP contribution in [-0.2, 0) is 21.4 Å². The van der Waals surface area contributed by atoms with Gasteiger partial charge in [-0.05, 0) is 49.9 Å². The number of hydrogen-bond acceptors (Lipinski definition) is 5. The van der Waals surface area contributed by atoms with Crippen molar-refractivity contribution < 1.29 is 17.6 Å². The summed E-state index contributed by atoms with van der Waals surface area (Å²) in [4.78, 5) is 12.6. The zero-order chi connectivity index (χ0) is 19.8. The highest BCUT2D eigenvalue weighted by atomic mass is 32.2. The van der Waals surface area contributed by atoms with E-state index in [4.69, 9.17) is 4.42 Å². The lowest BCUT2D eigenvalue weighted by Crippen LogP contribution is -2.39. The molecule has 1 N–H and O–H groups in total. The highest BCUT2D eigenvalue weighted by molar-refractivity contribution is 7.89. The van der Waals surface area contributed by atoms with Gasteiger partial charge in [-0.2, -0.15) is 9.41 Å². The molecule has 1 aromatic heterocycles. The fourth-order valence-electron chi connectivity index (χ4n) is 3.13. The number of nitrogens with one attached hydrogen (secondary N) is 1. The maximum atomic E-state index is 13.0. The number of rotatable bonds is 7. The second-order valence-electron chi connectivity index (χ2n) is 6.79. The number of furan rings is 1. The number of nitrogens with zero attached hydrogens (tertiary/aromatic N) is 2. The summed E-state index contributed by atoms with van der Waals surface area (Å²) >= 11 is 0. The van der Waals surface area contributed by atoms with E-state index >= 15 is 0 Å². The van der Waals surface area contributed by atoms with Crippen LogP contribution in [0, 0.1) is 0 Å². The van der Waals surface area contributed by atoms with Crippen molar-refractivity contribution in [3.8, 4) is 0 Å². The van der Waals surface area contributed by atoms with Crippen LogP contribution in [-0.4, -0.2) is 30.9 Å². The average molecular weight is 404 g/mol. The molecule has 8 heteroatoms. The second kappa shape index (κ2) is 9.66. The Balaban J connectivity index is 1.73. The zero-order valence-electron chi connectivity index (χ0n) is 15.7. The fourth-order valence-corrected chi connectivity index (χ4v) is 4.51. The summed E-state index contributed by atoms with van der Waals surface area (Å²) in [6.45, 7) is -0.372. The number of sulfonamides is 1. The molecule has 1 amide bonds. The molecule has 7 nitrogen and oxygen atoms in total. The largest absolute Gasteiger partial charge is 0.468 e. The first-order valence-electron chi connectivity index (χ1n) is 9.47. The van der Waals surface area contributed by atoms with E-state index in [9.17, 15) is 13.2 Å². The van der Waals surface area contributed by atoms with Crippen molar-refractivity contribution in [2.75, 3.05) is 6.54 Å². The Morgan fingerprint density at radius 1 is 1.04 bits per heavy atom. The summed E-state index contributed by atoms with van der Waals surface area (Å²) in [6, 6.07) is 11.4. The van der Waals surface area contributed by atoms with Gasteiger partial charge in [0.1, 0.15) is 5.76 Å². The number of carbonyl (C=O) groups excluding carboxylic acids is 1. The van der Waals surface area contributed by atoms with Crippen LogP contribution in [0.3, 0.4) is 0 Å². The average Bonchev–Trinajstić information content (AvgIpc) is 3.07. The molecule has 1 heterocycles. The van der Waals surface area contributed by atoms with Gasteiger partial charge in [0.25, 0.3) is 5.91 Å². The molecule has 0 bridgehead atoms. The van der Waals surface area contributed by atoms with Gasteiger partial charge in [-0.3, -0.25) is 4.79 Å². The number of amides is 1. The Bertz CT molecular complexity index is 883. The molecule has 0 aliphatic heterocycles. The molecule has 150 valence electrons. The molecule has 0 atom stereocenters. The molecule has 2 aromatic rings. The molecule has 0 unspecified atom stereocenters. The monoisotopic (exact) mass is 403 g/mol. The summed E-state index contributed by atoms with van der Waals surface area (Å²) in [5.74, 6) is -0.00908. The Hall–Kier alpha value is -2.45. The van der Waals surface area contributed by atoms with Gasteiger partial charge < -0.3 is 4.42 Å². The molecule has 0 spiro atoms. The predicted molar refractivity (Wildman–Crippen MR) is 106 cm³/mol. The van der Waals surface area contributed by atoms with Gasteiger partial charge in [-0.25, -0.2) is 13.8 Å². The van der Waals surface area contributed by atoms with E-state index in [1.807, 2.05) is 0 Å². The van der Waals surface area contributed by atoms with Crippen LogP contribution in [0.4, 0.5) is 0 Å². The normalized spacial score (nSPS) is 15.2. The van der Waals surface area contributed by atoms with E-state index in [2.05, 4.69) is 10.5 Å². The first-order valence-corrected chi connectivity index (χ1v) is 10.9. The van der Waals surface area contributed by atoms with E-state index in [0.717, 1.165) is 35.7 Å². The first-order chi connectivity index (χ1) is 13.6. The minimum Gasteiger partial charge on any atom is -0.468 e. The van der Waals surface area contributed by atoms with Gasteiger partial charge in [0.15, 0.2) is 0 Å². The number of hydrogen-bond donors (Lipinski definition) is 1. The Morgan fingerprint density at radius 2 is 1.75 bits per heavy atom. The van der Waals surface area contributed by atoms with Crippen molar-refractivity contribution in [1.82, 2.24) is 9.73 Å². The summed E-state index contributed by atoms with van der Waals surface area (Å²) in [5, 5.41) is 4.22. The third-order valence-corrected chi connectivity index (χ3v) is 6.44.